The zero-order valence-corrected chi connectivity index (χ0v) is 9.21. The molecule has 0 fully saturated rings. The van der Waals surface area contributed by atoms with E-state index in [9.17, 15) is 4.79 Å². The molecule has 0 radical (unpaired) electrons. The van der Waals surface area contributed by atoms with Gasteiger partial charge in [0.2, 0.25) is 0 Å². The van der Waals surface area contributed by atoms with E-state index in [-0.39, 0.29) is 0 Å². The Hall–Kier alpha value is -2.50. The number of anilines is 2. The van der Waals surface area contributed by atoms with Crippen LogP contribution in [0.15, 0.2) is 30.6 Å². The van der Waals surface area contributed by atoms with Gasteiger partial charge in [0.15, 0.2) is 0 Å². The molecule has 6 heteroatoms. The number of nitrogens with zero attached hydrogens (tertiary/aromatic N) is 2. The molecule has 2 rings (SSSR count). The minimum Gasteiger partial charge on any atom is -0.465 e. The summed E-state index contributed by atoms with van der Waals surface area (Å²) in [5.41, 5.74) is 7.34. The lowest BCUT2D eigenvalue weighted by Gasteiger charge is -2.07. The molecule has 1 amide bonds. The van der Waals surface area contributed by atoms with Gasteiger partial charge in [-0.3, -0.25) is 5.32 Å². The van der Waals surface area contributed by atoms with Gasteiger partial charge >= 0.3 is 6.09 Å². The third-order valence-electron chi connectivity index (χ3n) is 2.37. The van der Waals surface area contributed by atoms with Crippen molar-refractivity contribution in [3.8, 4) is 11.4 Å². The number of hydrogen-bond donors (Lipinski definition) is 3. The standard InChI is InChI=1S/C11H12N4O2/c1-15-5-4-13-10(15)7-2-3-9(8(12)6-7)14-11(16)17/h2-6,14H,12H2,1H3,(H,16,17). The molecule has 0 aliphatic carbocycles. The summed E-state index contributed by atoms with van der Waals surface area (Å²) in [6.45, 7) is 0. The van der Waals surface area contributed by atoms with Crippen molar-refractivity contribution in [2.24, 2.45) is 7.05 Å². The summed E-state index contributed by atoms with van der Waals surface area (Å²) in [4.78, 5) is 14.7. The monoisotopic (exact) mass is 232 g/mol. The minimum atomic E-state index is -1.14. The van der Waals surface area contributed by atoms with Gasteiger partial charge in [0.25, 0.3) is 0 Å². The molecule has 1 heterocycles. The number of aromatic nitrogens is 2. The second-order valence-corrected chi connectivity index (χ2v) is 3.59. The lowest BCUT2D eigenvalue weighted by Crippen LogP contribution is -2.09. The van der Waals surface area contributed by atoms with Gasteiger partial charge in [0.05, 0.1) is 11.4 Å². The Morgan fingerprint density at radius 1 is 1.53 bits per heavy atom. The normalized spacial score (nSPS) is 10.2. The highest BCUT2D eigenvalue weighted by Crippen LogP contribution is 2.25. The van der Waals surface area contributed by atoms with Crippen molar-refractivity contribution in [2.75, 3.05) is 11.1 Å². The number of nitrogens with one attached hydrogen (secondary N) is 1. The fourth-order valence-electron chi connectivity index (χ4n) is 1.57. The summed E-state index contributed by atoms with van der Waals surface area (Å²) < 4.78 is 1.86. The van der Waals surface area contributed by atoms with E-state index in [4.69, 9.17) is 10.8 Å². The van der Waals surface area contributed by atoms with Crippen LogP contribution in [0.25, 0.3) is 11.4 Å². The van der Waals surface area contributed by atoms with Crippen LogP contribution in [0.3, 0.4) is 0 Å². The average Bonchev–Trinajstić information content (AvgIpc) is 2.67. The molecule has 2 aromatic rings. The van der Waals surface area contributed by atoms with E-state index in [1.165, 1.54) is 0 Å². The van der Waals surface area contributed by atoms with Crippen LogP contribution in [-0.2, 0) is 7.05 Å². The van der Waals surface area contributed by atoms with E-state index in [1.807, 2.05) is 17.8 Å². The second-order valence-electron chi connectivity index (χ2n) is 3.59. The van der Waals surface area contributed by atoms with Crippen LogP contribution in [0.1, 0.15) is 0 Å². The van der Waals surface area contributed by atoms with E-state index in [0.29, 0.717) is 11.4 Å². The number of carboxylic acid groups (broad SMARTS) is 1. The lowest BCUT2D eigenvalue weighted by molar-refractivity contribution is 0.210. The summed E-state index contributed by atoms with van der Waals surface area (Å²) in [5, 5.41) is 10.8. The number of amides is 1. The predicted molar refractivity (Wildman–Crippen MR) is 64.7 cm³/mol. The van der Waals surface area contributed by atoms with E-state index in [2.05, 4.69) is 10.3 Å². The molecular formula is C11H12N4O2. The molecule has 0 bridgehead atoms. The maximum absolute atomic E-state index is 10.5. The highest BCUT2D eigenvalue weighted by atomic mass is 16.4. The minimum absolute atomic E-state index is 0.368. The van der Waals surface area contributed by atoms with Crippen LogP contribution in [-0.4, -0.2) is 20.8 Å². The molecule has 6 nitrogen and oxygen atoms in total. The fourth-order valence-corrected chi connectivity index (χ4v) is 1.57. The first-order valence-electron chi connectivity index (χ1n) is 4.95. The van der Waals surface area contributed by atoms with Crippen molar-refractivity contribution >= 4 is 17.5 Å². The summed E-state index contributed by atoms with van der Waals surface area (Å²) >= 11 is 0. The number of benzene rings is 1. The molecule has 0 saturated heterocycles. The Labute approximate surface area is 97.7 Å². The number of aryl methyl sites for hydroxylation is 1. The smallest absolute Gasteiger partial charge is 0.409 e. The van der Waals surface area contributed by atoms with Crippen LogP contribution in [0, 0.1) is 0 Å². The molecule has 0 aliphatic rings. The molecule has 0 atom stereocenters. The Morgan fingerprint density at radius 3 is 2.82 bits per heavy atom. The highest BCUT2D eigenvalue weighted by molar-refractivity contribution is 5.88. The van der Waals surface area contributed by atoms with E-state index >= 15 is 0 Å². The summed E-state index contributed by atoms with van der Waals surface area (Å²) in [5.74, 6) is 0.776. The van der Waals surface area contributed by atoms with Crippen molar-refractivity contribution in [2.45, 2.75) is 0 Å². The van der Waals surface area contributed by atoms with Gasteiger partial charge in [0, 0.05) is 25.0 Å². The lowest BCUT2D eigenvalue weighted by atomic mass is 10.1. The largest absolute Gasteiger partial charge is 0.465 e. The Kier molecular flexibility index (Phi) is 2.70. The van der Waals surface area contributed by atoms with Gasteiger partial charge in [-0.1, -0.05) is 0 Å². The molecule has 88 valence electrons. The van der Waals surface area contributed by atoms with Crippen molar-refractivity contribution in [3.63, 3.8) is 0 Å². The third kappa shape index (κ3) is 2.20. The van der Waals surface area contributed by atoms with E-state index in [0.717, 1.165) is 11.4 Å². The maximum atomic E-state index is 10.5. The summed E-state index contributed by atoms with van der Waals surface area (Å²) in [7, 11) is 1.88. The molecule has 0 saturated carbocycles. The van der Waals surface area contributed by atoms with Gasteiger partial charge < -0.3 is 15.4 Å². The zero-order chi connectivity index (χ0) is 12.4. The molecule has 17 heavy (non-hydrogen) atoms. The number of imidazole rings is 1. The topological polar surface area (TPSA) is 93.2 Å². The maximum Gasteiger partial charge on any atom is 0.409 e. The Balaban J connectivity index is 2.37. The molecular weight excluding hydrogens is 220 g/mol. The van der Waals surface area contributed by atoms with Crippen molar-refractivity contribution in [1.29, 1.82) is 0 Å². The first-order chi connectivity index (χ1) is 8.08. The third-order valence-corrected chi connectivity index (χ3v) is 2.37. The number of nitrogens with two attached hydrogens (primary N) is 1. The Bertz CT molecular complexity index is 562. The first-order valence-corrected chi connectivity index (χ1v) is 4.95. The van der Waals surface area contributed by atoms with E-state index in [1.54, 1.807) is 24.4 Å². The SMILES string of the molecule is Cn1ccnc1-c1ccc(NC(=O)O)c(N)c1. The molecule has 4 N–H and O–H groups in total. The van der Waals surface area contributed by atoms with Crippen molar-refractivity contribution in [1.82, 2.24) is 9.55 Å². The molecule has 0 unspecified atom stereocenters. The van der Waals surface area contributed by atoms with Crippen LogP contribution in [0.4, 0.5) is 16.2 Å². The molecule has 1 aromatic carbocycles. The quantitative estimate of drug-likeness (QED) is 0.688. The van der Waals surface area contributed by atoms with Gasteiger partial charge in [-0.2, -0.15) is 0 Å². The number of rotatable bonds is 2. The number of nitrogen functional groups attached to an aromatic ring is 1. The van der Waals surface area contributed by atoms with Crippen LogP contribution < -0.4 is 11.1 Å². The zero-order valence-electron chi connectivity index (χ0n) is 9.21. The van der Waals surface area contributed by atoms with Gasteiger partial charge in [-0.15, -0.1) is 0 Å². The van der Waals surface area contributed by atoms with E-state index < -0.39 is 6.09 Å². The molecule has 0 aliphatic heterocycles. The van der Waals surface area contributed by atoms with Gasteiger partial charge in [-0.25, -0.2) is 9.78 Å². The number of carbonyl (C=O) groups is 1. The molecule has 0 spiro atoms. The summed E-state index contributed by atoms with van der Waals surface area (Å²) in [6.07, 6.45) is 2.38. The highest BCUT2D eigenvalue weighted by Gasteiger charge is 2.07. The fraction of sp³-hybridized carbons (Fsp3) is 0.0909. The number of hydrogen-bond acceptors (Lipinski definition) is 3. The van der Waals surface area contributed by atoms with Crippen LogP contribution >= 0.6 is 0 Å². The van der Waals surface area contributed by atoms with Crippen molar-refractivity contribution in [3.05, 3.63) is 30.6 Å². The first kappa shape index (κ1) is 11.0. The van der Waals surface area contributed by atoms with Gasteiger partial charge in [-0.05, 0) is 18.2 Å². The predicted octanol–water partition coefficient (Wildman–Crippen LogP) is 1.76. The van der Waals surface area contributed by atoms with Gasteiger partial charge in [0.1, 0.15) is 5.82 Å². The molecule has 1 aromatic heterocycles. The van der Waals surface area contributed by atoms with Crippen molar-refractivity contribution < 1.29 is 9.90 Å². The Morgan fingerprint density at radius 2 is 2.29 bits per heavy atom. The average molecular weight is 232 g/mol. The van der Waals surface area contributed by atoms with Crippen LogP contribution in [0.2, 0.25) is 0 Å². The van der Waals surface area contributed by atoms with Crippen LogP contribution in [0.5, 0.6) is 0 Å². The second kappa shape index (κ2) is 4.17. The summed E-state index contributed by atoms with van der Waals surface area (Å²) in [6, 6.07) is 5.07.